The monoisotopic (exact) mass is 274 g/mol. The van der Waals surface area contributed by atoms with Crippen molar-refractivity contribution in [2.24, 2.45) is 11.7 Å². The molecule has 1 aliphatic rings. The molecular weight excluding hydrogens is 244 g/mol. The van der Waals surface area contributed by atoms with Crippen LogP contribution in [0.15, 0.2) is 24.3 Å². The van der Waals surface area contributed by atoms with Gasteiger partial charge in [0.2, 0.25) is 0 Å². The van der Waals surface area contributed by atoms with Crippen LogP contribution in [-0.2, 0) is 13.0 Å². The lowest BCUT2D eigenvalue weighted by Gasteiger charge is -2.30. The number of rotatable bonds is 7. The molecule has 1 saturated carbocycles. The van der Waals surface area contributed by atoms with Crippen molar-refractivity contribution in [3.8, 4) is 0 Å². The van der Waals surface area contributed by atoms with E-state index in [2.05, 4.69) is 43.0 Å². The highest BCUT2D eigenvalue weighted by Gasteiger charge is 2.22. The van der Waals surface area contributed by atoms with Crippen LogP contribution >= 0.6 is 0 Å². The Balaban J connectivity index is 1.96. The summed E-state index contributed by atoms with van der Waals surface area (Å²) in [7, 11) is 0. The molecule has 112 valence electrons. The summed E-state index contributed by atoms with van der Waals surface area (Å²) in [6.45, 7) is 7.73. The fourth-order valence-electron chi connectivity index (χ4n) is 3.43. The van der Waals surface area contributed by atoms with Gasteiger partial charge in [-0.3, -0.25) is 4.90 Å². The zero-order valence-electron chi connectivity index (χ0n) is 13.1. The molecule has 2 rings (SSSR count). The average Bonchev–Trinajstić information content (AvgIpc) is 2.97. The highest BCUT2D eigenvalue weighted by Crippen LogP contribution is 2.24. The van der Waals surface area contributed by atoms with Crippen molar-refractivity contribution < 1.29 is 0 Å². The highest BCUT2D eigenvalue weighted by atomic mass is 15.2. The number of nitrogens with zero attached hydrogens (tertiary/aromatic N) is 1. The third-order valence-corrected chi connectivity index (χ3v) is 4.45. The van der Waals surface area contributed by atoms with Gasteiger partial charge >= 0.3 is 0 Å². The molecule has 1 aromatic rings. The molecule has 1 aliphatic carbocycles. The normalized spacial score (nSPS) is 16.4. The van der Waals surface area contributed by atoms with E-state index in [0.717, 1.165) is 18.4 Å². The van der Waals surface area contributed by atoms with Gasteiger partial charge in [-0.2, -0.15) is 0 Å². The van der Waals surface area contributed by atoms with Crippen molar-refractivity contribution in [2.75, 3.05) is 13.1 Å². The highest BCUT2D eigenvalue weighted by molar-refractivity contribution is 5.27. The summed E-state index contributed by atoms with van der Waals surface area (Å²) in [6, 6.07) is 9.45. The van der Waals surface area contributed by atoms with Crippen molar-refractivity contribution in [3.05, 3.63) is 35.4 Å². The van der Waals surface area contributed by atoms with Crippen LogP contribution in [0, 0.1) is 5.92 Å². The number of hydrogen-bond acceptors (Lipinski definition) is 2. The first kappa shape index (κ1) is 15.5. The summed E-state index contributed by atoms with van der Waals surface area (Å²) in [5, 5.41) is 0. The molecule has 0 spiro atoms. The second-order valence-electron chi connectivity index (χ2n) is 6.55. The first-order valence-corrected chi connectivity index (χ1v) is 8.21. The van der Waals surface area contributed by atoms with Crippen LogP contribution in [0.1, 0.15) is 50.7 Å². The predicted molar refractivity (Wildman–Crippen MR) is 86.7 cm³/mol. The fraction of sp³-hybridized carbons (Fsp3) is 0.667. The Kier molecular flexibility index (Phi) is 6.06. The molecule has 0 saturated heterocycles. The molecule has 0 unspecified atom stereocenters. The molecule has 1 aromatic carbocycles. The summed E-state index contributed by atoms with van der Waals surface area (Å²) >= 11 is 0. The minimum Gasteiger partial charge on any atom is -0.326 e. The van der Waals surface area contributed by atoms with E-state index in [0.29, 0.717) is 6.54 Å². The standard InChI is InChI=1S/C18H30N2/c1-15(2)14-20(18-9-5-6-10-18)12-11-16-7-3-4-8-17(16)13-19/h3-4,7-8,15,18H,5-6,9-14,19H2,1-2H3. The molecular formula is C18H30N2. The zero-order chi connectivity index (χ0) is 14.4. The van der Waals surface area contributed by atoms with E-state index in [-0.39, 0.29) is 0 Å². The van der Waals surface area contributed by atoms with Gasteiger partial charge in [-0.25, -0.2) is 0 Å². The lowest BCUT2D eigenvalue weighted by atomic mass is 10.0. The third kappa shape index (κ3) is 4.32. The Morgan fingerprint density at radius 1 is 1.15 bits per heavy atom. The van der Waals surface area contributed by atoms with Gasteiger partial charge in [0.15, 0.2) is 0 Å². The molecule has 2 nitrogen and oxygen atoms in total. The van der Waals surface area contributed by atoms with Crippen LogP contribution < -0.4 is 5.73 Å². The van der Waals surface area contributed by atoms with Crippen LogP contribution in [0.5, 0.6) is 0 Å². The molecule has 2 heteroatoms. The minimum absolute atomic E-state index is 0.657. The summed E-state index contributed by atoms with van der Waals surface area (Å²) in [6.07, 6.45) is 6.75. The maximum atomic E-state index is 5.85. The largest absolute Gasteiger partial charge is 0.326 e. The predicted octanol–water partition coefficient (Wildman–Crippen LogP) is 3.59. The quantitative estimate of drug-likeness (QED) is 0.823. The Labute approximate surface area is 124 Å². The van der Waals surface area contributed by atoms with Gasteiger partial charge in [0.1, 0.15) is 0 Å². The lowest BCUT2D eigenvalue weighted by Crippen LogP contribution is -2.37. The first-order chi connectivity index (χ1) is 9.70. The zero-order valence-corrected chi connectivity index (χ0v) is 13.1. The maximum absolute atomic E-state index is 5.85. The van der Waals surface area contributed by atoms with E-state index < -0.39 is 0 Å². The number of nitrogens with two attached hydrogens (primary N) is 1. The lowest BCUT2D eigenvalue weighted by molar-refractivity contribution is 0.179. The van der Waals surface area contributed by atoms with Crippen molar-refractivity contribution in [1.29, 1.82) is 0 Å². The second kappa shape index (κ2) is 7.80. The van der Waals surface area contributed by atoms with Crippen molar-refractivity contribution in [2.45, 2.75) is 58.5 Å². The van der Waals surface area contributed by atoms with Gasteiger partial charge in [0.05, 0.1) is 0 Å². The smallest absolute Gasteiger partial charge is 0.0180 e. The second-order valence-corrected chi connectivity index (χ2v) is 6.55. The Hall–Kier alpha value is -0.860. The molecule has 0 heterocycles. The van der Waals surface area contributed by atoms with Crippen molar-refractivity contribution in [1.82, 2.24) is 4.90 Å². The molecule has 0 amide bonds. The van der Waals surface area contributed by atoms with E-state index >= 15 is 0 Å². The van der Waals surface area contributed by atoms with Crippen molar-refractivity contribution >= 4 is 0 Å². The van der Waals surface area contributed by atoms with Crippen LogP contribution in [0.3, 0.4) is 0 Å². The summed E-state index contributed by atoms with van der Waals surface area (Å²) < 4.78 is 0. The molecule has 2 N–H and O–H groups in total. The first-order valence-electron chi connectivity index (χ1n) is 8.21. The Bertz CT molecular complexity index is 394. The van der Waals surface area contributed by atoms with E-state index in [1.54, 1.807) is 0 Å². The number of hydrogen-bond donors (Lipinski definition) is 1. The molecule has 0 bridgehead atoms. The van der Waals surface area contributed by atoms with Gasteiger partial charge < -0.3 is 5.73 Å². The van der Waals surface area contributed by atoms with E-state index in [4.69, 9.17) is 5.73 Å². The maximum Gasteiger partial charge on any atom is 0.0180 e. The average molecular weight is 274 g/mol. The van der Waals surface area contributed by atoms with E-state index in [9.17, 15) is 0 Å². The van der Waals surface area contributed by atoms with Gasteiger partial charge in [0.25, 0.3) is 0 Å². The van der Waals surface area contributed by atoms with Crippen LogP contribution in [0.2, 0.25) is 0 Å². The molecule has 0 aliphatic heterocycles. The molecule has 0 aromatic heterocycles. The van der Waals surface area contributed by atoms with Gasteiger partial charge in [-0.1, -0.05) is 51.0 Å². The van der Waals surface area contributed by atoms with Crippen LogP contribution in [0.25, 0.3) is 0 Å². The molecule has 1 fully saturated rings. The Morgan fingerprint density at radius 2 is 1.80 bits per heavy atom. The summed E-state index contributed by atoms with van der Waals surface area (Å²) in [5.41, 5.74) is 8.59. The summed E-state index contributed by atoms with van der Waals surface area (Å²) in [4.78, 5) is 2.73. The van der Waals surface area contributed by atoms with Crippen LogP contribution in [-0.4, -0.2) is 24.0 Å². The molecule has 0 radical (unpaired) electrons. The molecule has 20 heavy (non-hydrogen) atoms. The van der Waals surface area contributed by atoms with E-state index in [1.807, 2.05) is 0 Å². The van der Waals surface area contributed by atoms with Gasteiger partial charge in [-0.05, 0) is 36.3 Å². The SMILES string of the molecule is CC(C)CN(CCc1ccccc1CN)C1CCCC1. The van der Waals surface area contributed by atoms with Gasteiger partial charge in [-0.15, -0.1) is 0 Å². The number of benzene rings is 1. The summed E-state index contributed by atoms with van der Waals surface area (Å²) in [5.74, 6) is 0.750. The van der Waals surface area contributed by atoms with Gasteiger partial charge in [0, 0.05) is 25.7 Å². The molecule has 0 atom stereocenters. The minimum atomic E-state index is 0.657. The van der Waals surface area contributed by atoms with Crippen molar-refractivity contribution in [3.63, 3.8) is 0 Å². The Morgan fingerprint density at radius 3 is 2.40 bits per heavy atom. The third-order valence-electron chi connectivity index (χ3n) is 4.45. The van der Waals surface area contributed by atoms with E-state index in [1.165, 1.54) is 49.9 Å². The topological polar surface area (TPSA) is 29.3 Å². The fourth-order valence-corrected chi connectivity index (χ4v) is 3.43. The van der Waals surface area contributed by atoms with Crippen LogP contribution in [0.4, 0.5) is 0 Å².